The highest BCUT2D eigenvalue weighted by atomic mass is 19.4. The number of hydrogen-bond acceptors (Lipinski definition) is 5. The number of fused-ring (bicyclic) bond motifs is 1. The van der Waals surface area contributed by atoms with Gasteiger partial charge in [0.15, 0.2) is 0 Å². The number of benzene rings is 2. The number of carbonyl (C=O) groups is 1. The van der Waals surface area contributed by atoms with Crippen molar-refractivity contribution in [1.82, 2.24) is 14.4 Å². The summed E-state index contributed by atoms with van der Waals surface area (Å²) < 4.78 is 52.8. The lowest BCUT2D eigenvalue weighted by atomic mass is 10.0. The van der Waals surface area contributed by atoms with E-state index in [1.54, 1.807) is 20.3 Å². The minimum atomic E-state index is -4.38. The minimum absolute atomic E-state index is 0.0126. The van der Waals surface area contributed by atoms with Gasteiger partial charge in [0.25, 0.3) is 0 Å². The second-order valence-corrected chi connectivity index (χ2v) is 9.91. The number of carbonyl (C=O) groups excluding carboxylic acids is 1. The number of aromatic nitrogens is 1. The number of methoxy groups -OCH3 is 2. The lowest BCUT2D eigenvalue weighted by Crippen LogP contribution is -2.51. The smallest absolute Gasteiger partial charge is 0.416 e. The van der Waals surface area contributed by atoms with Gasteiger partial charge in [-0.15, -0.1) is 0 Å². The van der Waals surface area contributed by atoms with Crippen molar-refractivity contribution in [3.63, 3.8) is 0 Å². The van der Waals surface area contributed by atoms with Gasteiger partial charge < -0.3 is 23.8 Å². The fourth-order valence-corrected chi connectivity index (χ4v) is 5.55. The Balaban J connectivity index is 1.32. The maximum absolute atomic E-state index is 13.5. The highest BCUT2D eigenvalue weighted by Gasteiger charge is 2.33. The number of halogens is 3. The molecule has 1 amide bonds. The molecule has 2 aliphatic heterocycles. The van der Waals surface area contributed by atoms with Gasteiger partial charge >= 0.3 is 6.18 Å². The molecule has 2 aliphatic rings. The van der Waals surface area contributed by atoms with Crippen LogP contribution in [0.15, 0.2) is 60.8 Å². The van der Waals surface area contributed by atoms with E-state index < -0.39 is 11.7 Å². The van der Waals surface area contributed by atoms with Gasteiger partial charge in [-0.1, -0.05) is 6.07 Å². The summed E-state index contributed by atoms with van der Waals surface area (Å²) in [6.07, 6.45) is -1.42. The monoisotopic (exact) mass is 542 g/mol. The number of anilines is 1. The number of piperazine rings is 1. The molecule has 1 fully saturated rings. The van der Waals surface area contributed by atoms with Gasteiger partial charge in [0, 0.05) is 62.9 Å². The van der Waals surface area contributed by atoms with E-state index in [2.05, 4.69) is 21.7 Å². The molecule has 1 aromatic heterocycles. The van der Waals surface area contributed by atoms with E-state index in [1.807, 2.05) is 34.1 Å². The minimum Gasteiger partial charge on any atom is -0.497 e. The second-order valence-electron chi connectivity index (χ2n) is 9.91. The van der Waals surface area contributed by atoms with Crippen LogP contribution < -0.4 is 14.4 Å². The number of alkyl halides is 3. The van der Waals surface area contributed by atoms with Gasteiger partial charge in [0.05, 0.1) is 32.4 Å². The van der Waals surface area contributed by atoms with Crippen molar-refractivity contribution in [2.75, 3.05) is 58.4 Å². The molecule has 208 valence electrons. The Hall–Kier alpha value is -3.66. The number of nitrogens with zero attached hydrogens (tertiary/aromatic N) is 4. The first kappa shape index (κ1) is 26.9. The van der Waals surface area contributed by atoms with Crippen LogP contribution in [-0.2, 0) is 17.5 Å². The fourth-order valence-electron chi connectivity index (χ4n) is 5.55. The molecule has 2 aromatic carbocycles. The molecule has 3 heterocycles. The first-order valence-corrected chi connectivity index (χ1v) is 13.1. The zero-order valence-corrected chi connectivity index (χ0v) is 22.2. The summed E-state index contributed by atoms with van der Waals surface area (Å²) in [6, 6.07) is 15.1. The quantitative estimate of drug-likeness (QED) is 0.453. The van der Waals surface area contributed by atoms with E-state index in [0.29, 0.717) is 43.4 Å². The van der Waals surface area contributed by atoms with E-state index in [4.69, 9.17) is 9.47 Å². The Labute approximate surface area is 226 Å². The number of hydrogen-bond donors (Lipinski definition) is 0. The summed E-state index contributed by atoms with van der Waals surface area (Å²) in [6.45, 7) is 3.70. The Morgan fingerprint density at radius 1 is 0.897 bits per heavy atom. The topological polar surface area (TPSA) is 50.2 Å². The van der Waals surface area contributed by atoms with Crippen molar-refractivity contribution in [3.05, 3.63) is 77.6 Å². The summed E-state index contributed by atoms with van der Waals surface area (Å²) >= 11 is 0. The Kier molecular flexibility index (Phi) is 7.74. The predicted octanol–water partition coefficient (Wildman–Crippen LogP) is 4.67. The second kappa shape index (κ2) is 11.2. The number of ether oxygens (including phenoxy) is 2. The Bertz CT molecular complexity index is 1280. The summed E-state index contributed by atoms with van der Waals surface area (Å²) in [7, 11) is 3.24. The van der Waals surface area contributed by atoms with Crippen LogP contribution >= 0.6 is 0 Å². The highest BCUT2D eigenvalue weighted by Crippen LogP contribution is 2.36. The van der Waals surface area contributed by atoms with Crippen molar-refractivity contribution < 1.29 is 27.4 Å². The lowest BCUT2D eigenvalue weighted by Gasteiger charge is -2.38. The normalized spacial score (nSPS) is 18.4. The molecule has 0 aliphatic carbocycles. The van der Waals surface area contributed by atoms with Gasteiger partial charge in [-0.2, -0.15) is 13.2 Å². The van der Waals surface area contributed by atoms with E-state index in [-0.39, 0.29) is 18.5 Å². The fraction of sp³-hybridized carbons (Fsp3) is 0.414. The summed E-state index contributed by atoms with van der Waals surface area (Å²) in [5, 5.41) is 0. The molecule has 0 bridgehead atoms. The van der Waals surface area contributed by atoms with Gasteiger partial charge in [-0.3, -0.25) is 9.69 Å². The molecule has 0 spiro atoms. The maximum Gasteiger partial charge on any atom is 0.416 e. The molecular formula is C29H33F3N4O3. The lowest BCUT2D eigenvalue weighted by molar-refractivity contribution is -0.137. The Morgan fingerprint density at radius 2 is 1.62 bits per heavy atom. The van der Waals surface area contributed by atoms with Gasteiger partial charge in [0.1, 0.15) is 11.5 Å². The number of rotatable bonds is 6. The summed E-state index contributed by atoms with van der Waals surface area (Å²) in [5.41, 5.74) is 1.95. The zero-order chi connectivity index (χ0) is 27.6. The molecule has 39 heavy (non-hydrogen) atoms. The van der Waals surface area contributed by atoms with Gasteiger partial charge in [-0.05, 0) is 54.4 Å². The molecule has 5 rings (SSSR count). The Morgan fingerprint density at radius 3 is 2.28 bits per heavy atom. The first-order valence-electron chi connectivity index (χ1n) is 13.1. The first-order chi connectivity index (χ1) is 18.8. The largest absolute Gasteiger partial charge is 0.497 e. The van der Waals surface area contributed by atoms with Crippen LogP contribution in [0, 0.1) is 0 Å². The van der Waals surface area contributed by atoms with E-state index in [9.17, 15) is 18.0 Å². The molecule has 10 heteroatoms. The summed E-state index contributed by atoms with van der Waals surface area (Å²) in [5.74, 6) is 1.38. The number of aryl methyl sites for hydroxylation is 1. The van der Waals surface area contributed by atoms with Gasteiger partial charge in [-0.25, -0.2) is 0 Å². The van der Waals surface area contributed by atoms with Crippen molar-refractivity contribution >= 4 is 11.6 Å². The predicted molar refractivity (Wildman–Crippen MR) is 142 cm³/mol. The van der Waals surface area contributed by atoms with Crippen LogP contribution in [-0.4, -0.2) is 73.8 Å². The zero-order valence-electron chi connectivity index (χ0n) is 22.2. The molecule has 7 nitrogen and oxygen atoms in total. The van der Waals surface area contributed by atoms with Gasteiger partial charge in [0.2, 0.25) is 5.91 Å². The third-order valence-electron chi connectivity index (χ3n) is 7.55. The summed E-state index contributed by atoms with van der Waals surface area (Å²) in [4.78, 5) is 19.5. The molecule has 0 saturated carbocycles. The standard InChI is InChI=1S/C29H33F3N4O3/c1-38-24-16-21(17-25(19-24)39-2)28-26-8-4-9-34(26)10-5-11-36(28)20-27(37)35-14-12-33(13-15-35)23-7-3-6-22(18-23)29(30,31)32/h3-4,6-9,16-19,28H,5,10-15,20H2,1-2H3. The van der Waals surface area contributed by atoms with E-state index in [0.717, 1.165) is 36.8 Å². The molecule has 1 unspecified atom stereocenters. The molecule has 0 N–H and O–H groups in total. The van der Waals surface area contributed by atoms with Crippen LogP contribution in [0.2, 0.25) is 0 Å². The third-order valence-corrected chi connectivity index (χ3v) is 7.55. The maximum atomic E-state index is 13.5. The van der Waals surface area contributed by atoms with Crippen LogP contribution in [0.25, 0.3) is 0 Å². The number of amides is 1. The van der Waals surface area contributed by atoms with Crippen LogP contribution in [0.5, 0.6) is 11.5 Å². The van der Waals surface area contributed by atoms with Crippen molar-refractivity contribution in [2.45, 2.75) is 25.2 Å². The van der Waals surface area contributed by atoms with Crippen LogP contribution in [0.3, 0.4) is 0 Å². The molecule has 1 atom stereocenters. The van der Waals surface area contributed by atoms with Crippen molar-refractivity contribution in [2.24, 2.45) is 0 Å². The average molecular weight is 543 g/mol. The van der Waals surface area contributed by atoms with Crippen molar-refractivity contribution in [3.8, 4) is 11.5 Å². The molecule has 1 saturated heterocycles. The van der Waals surface area contributed by atoms with Crippen LogP contribution in [0.4, 0.5) is 18.9 Å². The highest BCUT2D eigenvalue weighted by molar-refractivity contribution is 5.78. The van der Waals surface area contributed by atoms with Crippen molar-refractivity contribution in [1.29, 1.82) is 0 Å². The van der Waals surface area contributed by atoms with E-state index in [1.165, 1.54) is 12.1 Å². The molecule has 3 aromatic rings. The average Bonchev–Trinajstić information content (AvgIpc) is 3.33. The molecule has 0 radical (unpaired) electrons. The molecular weight excluding hydrogens is 509 g/mol. The van der Waals surface area contributed by atoms with E-state index >= 15 is 0 Å². The van der Waals surface area contributed by atoms with Crippen LogP contribution in [0.1, 0.15) is 29.3 Å². The SMILES string of the molecule is COc1cc(OC)cc(C2c3cccn3CCCN2CC(=O)N2CCN(c3cccc(C(F)(F)F)c3)CC2)c1. The third kappa shape index (κ3) is 5.85.